The van der Waals surface area contributed by atoms with Crippen LogP contribution < -0.4 is 11.2 Å². The fourth-order valence-electron chi connectivity index (χ4n) is 2.46. The van der Waals surface area contributed by atoms with E-state index >= 15 is 0 Å². The highest BCUT2D eigenvalue weighted by Gasteiger charge is 2.19. The van der Waals surface area contributed by atoms with E-state index in [9.17, 15) is 14.7 Å². The van der Waals surface area contributed by atoms with Crippen LogP contribution in [0.15, 0.2) is 44.9 Å². The van der Waals surface area contributed by atoms with E-state index < -0.39 is 11.2 Å². The molecule has 0 radical (unpaired) electrons. The summed E-state index contributed by atoms with van der Waals surface area (Å²) in [5.41, 5.74) is 0.476. The van der Waals surface area contributed by atoms with Gasteiger partial charge in [0.2, 0.25) is 5.88 Å². The molecule has 1 aromatic carbocycles. The second-order valence-corrected chi connectivity index (χ2v) is 5.42. The van der Waals surface area contributed by atoms with Crippen LogP contribution in [-0.2, 0) is 14.1 Å². The van der Waals surface area contributed by atoms with E-state index in [1.165, 1.54) is 14.1 Å². The first kappa shape index (κ1) is 16.7. The van der Waals surface area contributed by atoms with E-state index in [0.29, 0.717) is 12.1 Å². The highest BCUT2D eigenvalue weighted by Crippen LogP contribution is 2.20. The minimum absolute atomic E-state index is 0.0832. The first-order chi connectivity index (χ1) is 10.9. The largest absolute Gasteiger partial charge is 0.494 e. The summed E-state index contributed by atoms with van der Waals surface area (Å²) in [6.07, 6.45) is 0.470. The molecule has 122 valence electrons. The Labute approximate surface area is 134 Å². The molecule has 1 aromatic heterocycles. The molecule has 23 heavy (non-hydrogen) atoms. The van der Waals surface area contributed by atoms with Crippen LogP contribution in [0.1, 0.15) is 37.4 Å². The molecule has 6 nitrogen and oxygen atoms in total. The van der Waals surface area contributed by atoms with Gasteiger partial charge in [-0.2, -0.15) is 0 Å². The van der Waals surface area contributed by atoms with E-state index in [2.05, 4.69) is 4.99 Å². The van der Waals surface area contributed by atoms with Crippen LogP contribution in [-0.4, -0.2) is 20.0 Å². The monoisotopic (exact) mass is 315 g/mol. The number of aromatic nitrogens is 2. The van der Waals surface area contributed by atoms with Crippen molar-refractivity contribution in [2.24, 2.45) is 19.1 Å². The number of aromatic hydroxyl groups is 1. The van der Waals surface area contributed by atoms with Gasteiger partial charge in [0.05, 0.1) is 11.8 Å². The molecule has 1 unspecified atom stereocenters. The molecule has 1 N–H and O–H groups in total. The van der Waals surface area contributed by atoms with Crippen LogP contribution in [0, 0.1) is 0 Å². The Morgan fingerprint density at radius 2 is 1.78 bits per heavy atom. The van der Waals surface area contributed by atoms with Gasteiger partial charge in [0.15, 0.2) is 0 Å². The molecule has 1 heterocycles. The molecule has 0 spiro atoms. The van der Waals surface area contributed by atoms with E-state index in [0.717, 1.165) is 14.7 Å². The molecule has 2 aromatic rings. The lowest BCUT2D eigenvalue weighted by molar-refractivity contribution is 0.410. The second-order valence-electron chi connectivity index (χ2n) is 5.42. The zero-order valence-corrected chi connectivity index (χ0v) is 13.8. The van der Waals surface area contributed by atoms with Crippen molar-refractivity contribution in [3.8, 4) is 5.88 Å². The van der Waals surface area contributed by atoms with Crippen molar-refractivity contribution in [1.29, 1.82) is 0 Å². The standard InChI is InChI=1S/C17H21N3O3/c1-5-13(18-11(2)12-9-7-6-8-10-12)14-15(21)19(3)17(23)20(4)16(14)22/h6-11,21H,5H2,1-4H3. The average molecular weight is 315 g/mol. The summed E-state index contributed by atoms with van der Waals surface area (Å²) in [4.78, 5) is 28.8. The maximum absolute atomic E-state index is 12.4. The Balaban J connectivity index is 2.61. The molecule has 1 atom stereocenters. The molecule has 0 aliphatic carbocycles. The lowest BCUT2D eigenvalue weighted by Gasteiger charge is -2.14. The van der Waals surface area contributed by atoms with Crippen LogP contribution >= 0.6 is 0 Å². The van der Waals surface area contributed by atoms with Gasteiger partial charge in [-0.1, -0.05) is 37.3 Å². The van der Waals surface area contributed by atoms with Gasteiger partial charge < -0.3 is 5.11 Å². The van der Waals surface area contributed by atoms with Crippen LogP contribution in [0.3, 0.4) is 0 Å². The molecule has 0 amide bonds. The topological polar surface area (TPSA) is 76.6 Å². The first-order valence-corrected chi connectivity index (χ1v) is 7.49. The number of rotatable bonds is 4. The summed E-state index contributed by atoms with van der Waals surface area (Å²) >= 11 is 0. The third-order valence-corrected chi connectivity index (χ3v) is 3.89. The fraction of sp³-hybridized carbons (Fsp3) is 0.353. The van der Waals surface area contributed by atoms with Crippen molar-refractivity contribution < 1.29 is 5.11 Å². The third-order valence-electron chi connectivity index (χ3n) is 3.89. The Morgan fingerprint density at radius 3 is 2.35 bits per heavy atom. The van der Waals surface area contributed by atoms with E-state index in [-0.39, 0.29) is 17.5 Å². The molecule has 0 aliphatic heterocycles. The van der Waals surface area contributed by atoms with Gasteiger partial charge in [-0.15, -0.1) is 0 Å². The van der Waals surface area contributed by atoms with Crippen LogP contribution in [0.25, 0.3) is 0 Å². The van der Waals surface area contributed by atoms with Gasteiger partial charge in [0.25, 0.3) is 5.56 Å². The molecule has 0 saturated carbocycles. The van der Waals surface area contributed by atoms with E-state index in [4.69, 9.17) is 0 Å². The minimum Gasteiger partial charge on any atom is -0.494 e. The highest BCUT2D eigenvalue weighted by atomic mass is 16.3. The Hall–Kier alpha value is -2.63. The number of hydrogen-bond donors (Lipinski definition) is 1. The molecule has 0 bridgehead atoms. The van der Waals surface area contributed by atoms with Gasteiger partial charge >= 0.3 is 5.69 Å². The first-order valence-electron chi connectivity index (χ1n) is 7.49. The molecular formula is C17H21N3O3. The molecule has 0 saturated heterocycles. The van der Waals surface area contributed by atoms with Gasteiger partial charge in [-0.3, -0.25) is 18.9 Å². The Kier molecular flexibility index (Phi) is 4.83. The van der Waals surface area contributed by atoms with Gasteiger partial charge in [-0.25, -0.2) is 4.79 Å². The molecule has 0 aliphatic rings. The van der Waals surface area contributed by atoms with Crippen molar-refractivity contribution in [3.05, 3.63) is 62.3 Å². The predicted octanol–water partition coefficient (Wildman–Crippen LogP) is 1.75. The molecule has 0 fully saturated rings. The van der Waals surface area contributed by atoms with Crippen LogP contribution in [0.4, 0.5) is 0 Å². The fourth-order valence-corrected chi connectivity index (χ4v) is 2.46. The summed E-state index contributed by atoms with van der Waals surface area (Å²) in [6.45, 7) is 3.79. The van der Waals surface area contributed by atoms with Crippen LogP contribution in [0.2, 0.25) is 0 Å². The van der Waals surface area contributed by atoms with Crippen molar-refractivity contribution in [2.75, 3.05) is 0 Å². The summed E-state index contributed by atoms with van der Waals surface area (Å²) in [7, 11) is 2.82. The maximum atomic E-state index is 12.4. The molecule has 2 rings (SSSR count). The predicted molar refractivity (Wildman–Crippen MR) is 90.3 cm³/mol. The molecular weight excluding hydrogens is 294 g/mol. The number of nitrogens with zero attached hydrogens (tertiary/aromatic N) is 3. The highest BCUT2D eigenvalue weighted by molar-refractivity contribution is 6.02. The van der Waals surface area contributed by atoms with Crippen molar-refractivity contribution in [2.45, 2.75) is 26.3 Å². The summed E-state index contributed by atoms with van der Waals surface area (Å²) in [5.74, 6) is -0.348. The van der Waals surface area contributed by atoms with Gasteiger partial charge in [0, 0.05) is 14.1 Å². The SMILES string of the molecule is CCC(=NC(C)c1ccccc1)c1c(O)n(C)c(=O)n(C)c1=O. The van der Waals surface area contributed by atoms with E-state index in [1.807, 2.05) is 44.2 Å². The van der Waals surface area contributed by atoms with Gasteiger partial charge in [0.1, 0.15) is 5.56 Å². The maximum Gasteiger partial charge on any atom is 0.333 e. The normalized spacial score (nSPS) is 13.1. The van der Waals surface area contributed by atoms with Crippen molar-refractivity contribution >= 4 is 5.71 Å². The molecule has 6 heteroatoms. The summed E-state index contributed by atoms with van der Waals surface area (Å²) in [6, 6.07) is 9.54. The van der Waals surface area contributed by atoms with Crippen molar-refractivity contribution in [3.63, 3.8) is 0 Å². The van der Waals surface area contributed by atoms with Gasteiger partial charge in [-0.05, 0) is 18.9 Å². The zero-order valence-electron chi connectivity index (χ0n) is 13.8. The number of aliphatic imine (C=N–C) groups is 1. The minimum atomic E-state index is -0.567. The second kappa shape index (κ2) is 6.64. The lowest BCUT2D eigenvalue weighted by atomic mass is 10.1. The Morgan fingerprint density at radius 1 is 1.17 bits per heavy atom. The van der Waals surface area contributed by atoms with E-state index in [1.54, 1.807) is 0 Å². The number of hydrogen-bond acceptors (Lipinski definition) is 4. The van der Waals surface area contributed by atoms with Crippen LogP contribution in [0.5, 0.6) is 5.88 Å². The number of benzene rings is 1. The van der Waals surface area contributed by atoms with Crippen molar-refractivity contribution in [1.82, 2.24) is 9.13 Å². The summed E-state index contributed by atoms with van der Waals surface area (Å²) in [5, 5.41) is 10.2. The zero-order chi connectivity index (χ0) is 17.1. The Bertz CT molecular complexity index is 848. The quantitative estimate of drug-likeness (QED) is 0.873. The smallest absolute Gasteiger partial charge is 0.333 e. The summed E-state index contributed by atoms with van der Waals surface area (Å²) < 4.78 is 2.03. The lowest BCUT2D eigenvalue weighted by Crippen LogP contribution is -2.40. The third kappa shape index (κ3) is 3.11. The average Bonchev–Trinajstić information content (AvgIpc) is 2.58.